The maximum atomic E-state index is 12.7. The van der Waals surface area contributed by atoms with Gasteiger partial charge in [-0.3, -0.25) is 0 Å². The summed E-state index contributed by atoms with van der Waals surface area (Å²) in [6.45, 7) is -0.0368. The van der Waals surface area contributed by atoms with Gasteiger partial charge in [0.2, 0.25) is 0 Å². The molecule has 0 amide bonds. The van der Waals surface area contributed by atoms with Crippen LogP contribution >= 0.6 is 11.3 Å². The lowest BCUT2D eigenvalue weighted by Crippen LogP contribution is -2.42. The molecule has 1 aliphatic rings. The van der Waals surface area contributed by atoms with Crippen molar-refractivity contribution in [2.45, 2.75) is 32.0 Å². The topological polar surface area (TPSA) is 70.6 Å². The molecule has 8 heteroatoms. The van der Waals surface area contributed by atoms with E-state index in [-0.39, 0.29) is 0 Å². The summed E-state index contributed by atoms with van der Waals surface area (Å²) in [7, 11) is 0. The molecule has 0 saturated heterocycles. The summed E-state index contributed by atoms with van der Waals surface area (Å²) < 4.78 is 38.1. The Kier molecular flexibility index (Phi) is 4.54. The van der Waals surface area contributed by atoms with E-state index in [1.54, 1.807) is 11.3 Å². The van der Waals surface area contributed by atoms with Crippen molar-refractivity contribution in [1.29, 1.82) is 0 Å². The lowest BCUT2D eigenvalue weighted by atomic mass is 10.1. The van der Waals surface area contributed by atoms with Crippen LogP contribution in [0, 0.1) is 5.92 Å². The number of aryl methyl sites for hydroxylation is 2. The molecular weight excluding hydrogens is 291 g/mol. The van der Waals surface area contributed by atoms with Crippen LogP contribution < -0.4 is 11.1 Å². The van der Waals surface area contributed by atoms with E-state index in [0.29, 0.717) is 6.54 Å². The summed E-state index contributed by atoms with van der Waals surface area (Å²) in [5, 5.41) is 13.6. The third-order valence-electron chi connectivity index (χ3n) is 3.31. The molecule has 0 spiro atoms. The molecule has 2 rings (SSSR count). The summed E-state index contributed by atoms with van der Waals surface area (Å²) in [6, 6.07) is 2.05. The van der Waals surface area contributed by atoms with Crippen molar-refractivity contribution in [3.63, 3.8) is 0 Å². The normalized spacial score (nSPS) is 17.2. The number of nitrogens with one attached hydrogen (secondary N) is 1. The third-order valence-corrected chi connectivity index (χ3v) is 4.55. The maximum absolute atomic E-state index is 12.7. The first-order valence-electron chi connectivity index (χ1n) is 6.27. The highest BCUT2D eigenvalue weighted by molar-refractivity contribution is 7.12. The third kappa shape index (κ3) is 3.43. The second kappa shape index (κ2) is 6.01. The molecule has 0 aliphatic heterocycles. The predicted molar refractivity (Wildman–Crippen MR) is 71.0 cm³/mol. The first-order valence-corrected chi connectivity index (χ1v) is 7.08. The highest BCUT2D eigenvalue weighted by Crippen LogP contribution is 2.31. The molecular formula is C12H16F3N3OS. The maximum Gasteiger partial charge on any atom is 0.400 e. The number of alkyl halides is 3. The molecule has 1 heterocycles. The first-order chi connectivity index (χ1) is 9.41. The van der Waals surface area contributed by atoms with Gasteiger partial charge < -0.3 is 16.3 Å². The number of hydrogen-bond donors (Lipinski definition) is 3. The monoisotopic (exact) mass is 307 g/mol. The van der Waals surface area contributed by atoms with Gasteiger partial charge in [-0.05, 0) is 30.9 Å². The minimum atomic E-state index is -4.53. The Hall–Kier alpha value is -1.28. The average molecular weight is 307 g/mol. The van der Waals surface area contributed by atoms with Crippen LogP contribution in [-0.2, 0) is 19.4 Å². The lowest BCUT2D eigenvalue weighted by Gasteiger charge is -2.19. The number of oxime groups is 1. The van der Waals surface area contributed by atoms with E-state index < -0.39 is 24.5 Å². The molecule has 0 fully saturated rings. The number of thiophene rings is 1. The van der Waals surface area contributed by atoms with Gasteiger partial charge in [0.1, 0.15) is 5.92 Å². The largest absolute Gasteiger partial charge is 0.409 e. The van der Waals surface area contributed by atoms with Crippen molar-refractivity contribution in [3.05, 3.63) is 21.4 Å². The molecule has 112 valence electrons. The SMILES string of the molecule is NC(=NO)C(CNCc1cc2c(s1)CCC2)C(F)(F)F. The van der Waals surface area contributed by atoms with Gasteiger partial charge in [-0.1, -0.05) is 5.16 Å². The quantitative estimate of drug-likeness (QED) is 0.338. The van der Waals surface area contributed by atoms with Gasteiger partial charge in [-0.15, -0.1) is 11.3 Å². The standard InChI is InChI=1S/C12H16F3N3OS/c13-12(14,15)9(11(16)18-19)6-17-5-8-4-7-2-1-3-10(7)20-8/h4,9,17,19H,1-3,5-6H2,(H2,16,18). The highest BCUT2D eigenvalue weighted by atomic mass is 32.1. The van der Waals surface area contributed by atoms with E-state index in [1.165, 1.54) is 10.4 Å². The summed E-state index contributed by atoms with van der Waals surface area (Å²) >= 11 is 1.64. The smallest absolute Gasteiger partial charge is 0.400 e. The van der Waals surface area contributed by atoms with Crippen molar-refractivity contribution in [2.24, 2.45) is 16.8 Å². The molecule has 4 N–H and O–H groups in total. The van der Waals surface area contributed by atoms with E-state index in [1.807, 2.05) is 6.07 Å². The van der Waals surface area contributed by atoms with Crippen LogP contribution in [0.2, 0.25) is 0 Å². The second-order valence-corrected chi connectivity index (χ2v) is 5.99. The number of halogens is 3. The predicted octanol–water partition coefficient (Wildman–Crippen LogP) is 2.25. The van der Waals surface area contributed by atoms with Crippen LogP contribution in [0.25, 0.3) is 0 Å². The Balaban J connectivity index is 1.90. The van der Waals surface area contributed by atoms with E-state index >= 15 is 0 Å². The zero-order valence-corrected chi connectivity index (χ0v) is 11.5. The fourth-order valence-electron chi connectivity index (χ4n) is 2.28. The molecule has 1 aliphatic carbocycles. The van der Waals surface area contributed by atoms with Crippen molar-refractivity contribution < 1.29 is 18.4 Å². The van der Waals surface area contributed by atoms with Gasteiger partial charge in [0, 0.05) is 22.8 Å². The Morgan fingerprint density at radius 2 is 2.25 bits per heavy atom. The van der Waals surface area contributed by atoms with Gasteiger partial charge in [0.25, 0.3) is 0 Å². The van der Waals surface area contributed by atoms with Crippen LogP contribution in [0.3, 0.4) is 0 Å². The Labute approximate surface area is 118 Å². The highest BCUT2D eigenvalue weighted by Gasteiger charge is 2.42. The van der Waals surface area contributed by atoms with Gasteiger partial charge in [0.05, 0.1) is 0 Å². The molecule has 4 nitrogen and oxygen atoms in total. The Morgan fingerprint density at radius 3 is 2.85 bits per heavy atom. The van der Waals surface area contributed by atoms with Crippen LogP contribution in [0.1, 0.15) is 21.7 Å². The van der Waals surface area contributed by atoms with Crippen molar-refractivity contribution >= 4 is 17.2 Å². The number of hydrogen-bond acceptors (Lipinski definition) is 4. The van der Waals surface area contributed by atoms with Gasteiger partial charge in [-0.2, -0.15) is 13.2 Å². The van der Waals surface area contributed by atoms with Crippen molar-refractivity contribution in [2.75, 3.05) is 6.54 Å². The molecule has 20 heavy (non-hydrogen) atoms. The molecule has 0 saturated carbocycles. The van der Waals surface area contributed by atoms with E-state index in [4.69, 9.17) is 10.9 Å². The molecule has 0 aromatic carbocycles. The summed E-state index contributed by atoms with van der Waals surface area (Å²) in [6.07, 6.45) is -1.24. The second-order valence-electron chi connectivity index (χ2n) is 4.76. The van der Waals surface area contributed by atoms with E-state index in [9.17, 15) is 13.2 Å². The molecule has 0 bridgehead atoms. The summed E-state index contributed by atoms with van der Waals surface area (Å²) in [5.74, 6) is -2.79. The Bertz CT molecular complexity index is 477. The number of nitrogens with two attached hydrogens (primary N) is 1. The summed E-state index contributed by atoms with van der Waals surface area (Å²) in [5.41, 5.74) is 6.40. The Morgan fingerprint density at radius 1 is 1.50 bits per heavy atom. The van der Waals surface area contributed by atoms with Crippen LogP contribution in [0.15, 0.2) is 11.2 Å². The molecule has 0 radical (unpaired) electrons. The fraction of sp³-hybridized carbons (Fsp3) is 0.583. The molecule has 1 atom stereocenters. The van der Waals surface area contributed by atoms with Crippen LogP contribution in [0.5, 0.6) is 0 Å². The minimum Gasteiger partial charge on any atom is -0.409 e. The number of rotatable bonds is 5. The number of nitrogens with zero attached hydrogens (tertiary/aromatic N) is 1. The summed E-state index contributed by atoms with van der Waals surface area (Å²) in [4.78, 5) is 2.36. The van der Waals surface area contributed by atoms with Crippen molar-refractivity contribution in [3.8, 4) is 0 Å². The van der Waals surface area contributed by atoms with E-state index in [0.717, 1.165) is 24.1 Å². The van der Waals surface area contributed by atoms with E-state index in [2.05, 4.69) is 10.5 Å². The first kappa shape index (κ1) is 15.1. The lowest BCUT2D eigenvalue weighted by molar-refractivity contribution is -0.154. The zero-order chi connectivity index (χ0) is 14.8. The van der Waals surface area contributed by atoms with Crippen LogP contribution in [-0.4, -0.2) is 23.8 Å². The minimum absolute atomic E-state index is 0.364. The zero-order valence-electron chi connectivity index (χ0n) is 10.7. The van der Waals surface area contributed by atoms with Crippen LogP contribution in [0.4, 0.5) is 13.2 Å². The molecule has 1 unspecified atom stereocenters. The number of amidine groups is 1. The average Bonchev–Trinajstić information content (AvgIpc) is 2.92. The van der Waals surface area contributed by atoms with Crippen molar-refractivity contribution in [1.82, 2.24) is 5.32 Å². The van der Waals surface area contributed by atoms with Gasteiger partial charge >= 0.3 is 6.18 Å². The fourth-order valence-corrected chi connectivity index (χ4v) is 3.51. The molecule has 1 aromatic rings. The van der Waals surface area contributed by atoms with Gasteiger partial charge in [0.15, 0.2) is 5.84 Å². The number of fused-ring (bicyclic) bond motifs is 1. The van der Waals surface area contributed by atoms with Gasteiger partial charge in [-0.25, -0.2) is 0 Å². The molecule has 1 aromatic heterocycles.